The van der Waals surface area contributed by atoms with Gasteiger partial charge in [-0.3, -0.25) is 13.9 Å². The Labute approximate surface area is 219 Å². The zero-order chi connectivity index (χ0) is 25.5. The third kappa shape index (κ3) is 7.86. The molecule has 11 heteroatoms. The molecule has 2 rings (SSSR count). The molecule has 0 aliphatic carbocycles. The van der Waals surface area contributed by atoms with E-state index in [2.05, 4.69) is 21.2 Å². The number of anilines is 1. The van der Waals surface area contributed by atoms with Gasteiger partial charge in [-0.2, -0.15) is 0 Å². The molecule has 2 amide bonds. The van der Waals surface area contributed by atoms with E-state index in [0.717, 1.165) is 23.4 Å². The van der Waals surface area contributed by atoms with Crippen LogP contribution in [0.1, 0.15) is 32.3 Å². The maximum absolute atomic E-state index is 13.5. The number of hydrogen-bond donors (Lipinski definition) is 1. The summed E-state index contributed by atoms with van der Waals surface area (Å²) in [5, 5.41) is 3.51. The highest BCUT2D eigenvalue weighted by Gasteiger charge is 2.30. The molecule has 1 atom stereocenters. The van der Waals surface area contributed by atoms with E-state index in [1.54, 1.807) is 49.4 Å². The Hall–Kier alpha value is -1.81. The summed E-state index contributed by atoms with van der Waals surface area (Å²) in [4.78, 5) is 27.6. The van der Waals surface area contributed by atoms with Crippen LogP contribution in [0.3, 0.4) is 0 Å². The molecule has 0 bridgehead atoms. The van der Waals surface area contributed by atoms with Gasteiger partial charge in [0.2, 0.25) is 21.8 Å². The second-order valence-electron chi connectivity index (χ2n) is 7.79. The van der Waals surface area contributed by atoms with Crippen molar-refractivity contribution >= 4 is 66.7 Å². The maximum atomic E-state index is 13.5. The van der Waals surface area contributed by atoms with E-state index in [9.17, 15) is 18.0 Å². The van der Waals surface area contributed by atoms with Crippen LogP contribution in [0.4, 0.5) is 5.69 Å². The van der Waals surface area contributed by atoms with E-state index in [-0.39, 0.29) is 12.5 Å². The number of rotatable bonds is 11. The largest absolute Gasteiger partial charge is 0.354 e. The predicted octanol–water partition coefficient (Wildman–Crippen LogP) is 4.86. The van der Waals surface area contributed by atoms with Crippen LogP contribution in [-0.2, 0) is 26.2 Å². The lowest BCUT2D eigenvalue weighted by Crippen LogP contribution is -2.51. The number of carbonyl (C=O) groups is 2. The predicted molar refractivity (Wildman–Crippen MR) is 141 cm³/mol. The summed E-state index contributed by atoms with van der Waals surface area (Å²) < 4.78 is 26.8. The minimum absolute atomic E-state index is 0.0597. The van der Waals surface area contributed by atoms with Gasteiger partial charge in [-0.25, -0.2) is 8.42 Å². The molecule has 0 radical (unpaired) electrons. The monoisotopic (exact) mass is 591 g/mol. The van der Waals surface area contributed by atoms with Gasteiger partial charge in [0, 0.05) is 33.2 Å². The molecule has 0 heterocycles. The van der Waals surface area contributed by atoms with Gasteiger partial charge in [0.05, 0.1) is 11.9 Å². The minimum Gasteiger partial charge on any atom is -0.354 e. The van der Waals surface area contributed by atoms with Gasteiger partial charge < -0.3 is 10.2 Å². The van der Waals surface area contributed by atoms with Crippen LogP contribution >= 0.6 is 39.1 Å². The number of carbonyl (C=O) groups excluding carboxylic acids is 2. The van der Waals surface area contributed by atoms with E-state index in [1.807, 2.05) is 6.92 Å². The topological polar surface area (TPSA) is 86.8 Å². The van der Waals surface area contributed by atoms with Crippen molar-refractivity contribution in [1.29, 1.82) is 0 Å². The summed E-state index contributed by atoms with van der Waals surface area (Å²) in [5.74, 6) is -0.919. The van der Waals surface area contributed by atoms with Crippen LogP contribution in [-0.4, -0.2) is 50.5 Å². The first-order valence-electron chi connectivity index (χ1n) is 10.7. The van der Waals surface area contributed by atoms with Gasteiger partial charge in [-0.05, 0) is 43.7 Å². The summed E-state index contributed by atoms with van der Waals surface area (Å²) in [6, 6.07) is 10.7. The minimum atomic E-state index is -3.80. The van der Waals surface area contributed by atoms with Crippen molar-refractivity contribution in [3.05, 3.63) is 62.5 Å². The number of nitrogens with one attached hydrogen (secondary N) is 1. The van der Waals surface area contributed by atoms with Crippen molar-refractivity contribution in [1.82, 2.24) is 10.2 Å². The normalized spacial score (nSPS) is 12.2. The number of unbranched alkanes of at least 4 members (excludes halogenated alkanes) is 1. The van der Waals surface area contributed by atoms with Crippen molar-refractivity contribution in [3.63, 3.8) is 0 Å². The average Bonchev–Trinajstić information content (AvgIpc) is 2.76. The Kier molecular flexibility index (Phi) is 10.7. The van der Waals surface area contributed by atoms with Gasteiger partial charge in [0.25, 0.3) is 0 Å². The van der Waals surface area contributed by atoms with Crippen molar-refractivity contribution in [2.45, 2.75) is 39.3 Å². The number of sulfonamides is 1. The van der Waals surface area contributed by atoms with Crippen LogP contribution < -0.4 is 9.62 Å². The van der Waals surface area contributed by atoms with E-state index in [4.69, 9.17) is 23.2 Å². The van der Waals surface area contributed by atoms with Crippen molar-refractivity contribution in [2.75, 3.05) is 23.7 Å². The van der Waals surface area contributed by atoms with E-state index in [1.165, 1.54) is 4.90 Å². The molecule has 34 heavy (non-hydrogen) atoms. The second-order valence-corrected chi connectivity index (χ2v) is 11.4. The van der Waals surface area contributed by atoms with Crippen molar-refractivity contribution in [2.24, 2.45) is 0 Å². The van der Waals surface area contributed by atoms with Crippen LogP contribution in [0.2, 0.25) is 10.0 Å². The molecule has 0 spiro atoms. The van der Waals surface area contributed by atoms with Gasteiger partial charge in [-0.1, -0.05) is 64.6 Å². The number of hydrogen-bond acceptors (Lipinski definition) is 4. The number of benzene rings is 2. The van der Waals surface area contributed by atoms with E-state index < -0.39 is 28.5 Å². The number of halogens is 3. The molecule has 2 aromatic carbocycles. The molecule has 0 fully saturated rings. The molecule has 0 aliphatic rings. The second kappa shape index (κ2) is 12.8. The summed E-state index contributed by atoms with van der Waals surface area (Å²) in [6.07, 6.45) is 2.73. The summed E-state index contributed by atoms with van der Waals surface area (Å²) in [7, 11) is -3.80. The average molecular weight is 593 g/mol. The molecule has 7 nitrogen and oxygen atoms in total. The standard InChI is InChI=1S/C23H28BrCl2N3O4S/c1-4-5-12-27-23(31)16(2)28(14-19-20(25)10-7-11-21(19)26)22(30)15-29(34(3,32)33)18-9-6-8-17(24)13-18/h6-11,13,16H,4-5,12,14-15H2,1-3H3,(H,27,31)/t16-/m1/s1. The fraction of sp³-hybridized carbons (Fsp3) is 0.391. The molecule has 186 valence electrons. The molecule has 0 unspecified atom stereocenters. The molecule has 0 saturated heterocycles. The van der Waals surface area contributed by atoms with Crippen molar-refractivity contribution < 1.29 is 18.0 Å². The summed E-state index contributed by atoms with van der Waals surface area (Å²) in [6.45, 7) is 3.52. The Morgan fingerprint density at radius 2 is 1.74 bits per heavy atom. The quantitative estimate of drug-likeness (QED) is 0.378. The molecular weight excluding hydrogens is 565 g/mol. The van der Waals surface area contributed by atoms with Crippen LogP contribution in [0.15, 0.2) is 46.9 Å². The smallest absolute Gasteiger partial charge is 0.244 e. The lowest BCUT2D eigenvalue weighted by molar-refractivity contribution is -0.139. The SMILES string of the molecule is CCCCNC(=O)[C@@H](C)N(Cc1c(Cl)cccc1Cl)C(=O)CN(c1cccc(Br)c1)S(C)(=O)=O. The van der Waals surface area contributed by atoms with Crippen molar-refractivity contribution in [3.8, 4) is 0 Å². The van der Waals surface area contributed by atoms with Crippen LogP contribution in [0.5, 0.6) is 0 Å². The molecule has 0 aliphatic heterocycles. The lowest BCUT2D eigenvalue weighted by Gasteiger charge is -2.32. The zero-order valence-electron chi connectivity index (χ0n) is 19.2. The molecule has 0 saturated carbocycles. The molecular formula is C23H28BrCl2N3O4S. The van der Waals surface area contributed by atoms with Gasteiger partial charge in [0.1, 0.15) is 12.6 Å². The molecule has 0 aromatic heterocycles. The molecule has 1 N–H and O–H groups in total. The summed E-state index contributed by atoms with van der Waals surface area (Å²) >= 11 is 16.0. The number of nitrogens with zero attached hydrogens (tertiary/aromatic N) is 2. The first-order valence-corrected chi connectivity index (χ1v) is 14.1. The zero-order valence-corrected chi connectivity index (χ0v) is 23.1. The summed E-state index contributed by atoms with van der Waals surface area (Å²) in [5.41, 5.74) is 0.793. The van der Waals surface area contributed by atoms with Gasteiger partial charge in [0.15, 0.2) is 0 Å². The highest BCUT2D eigenvalue weighted by molar-refractivity contribution is 9.10. The van der Waals surface area contributed by atoms with Crippen LogP contribution in [0, 0.1) is 0 Å². The Bertz CT molecular complexity index is 1110. The first kappa shape index (κ1) is 28.4. The Morgan fingerprint density at radius 1 is 1.12 bits per heavy atom. The van der Waals surface area contributed by atoms with Crippen LogP contribution in [0.25, 0.3) is 0 Å². The number of amides is 2. The van der Waals surface area contributed by atoms with E-state index >= 15 is 0 Å². The first-order chi connectivity index (χ1) is 16.0. The van der Waals surface area contributed by atoms with Gasteiger partial charge in [-0.15, -0.1) is 0 Å². The Balaban J connectivity index is 2.41. The van der Waals surface area contributed by atoms with Gasteiger partial charge >= 0.3 is 0 Å². The Morgan fingerprint density at radius 3 is 2.29 bits per heavy atom. The van der Waals surface area contributed by atoms with E-state index in [0.29, 0.717) is 32.3 Å². The highest BCUT2D eigenvalue weighted by Crippen LogP contribution is 2.27. The third-order valence-electron chi connectivity index (χ3n) is 5.16. The fourth-order valence-corrected chi connectivity index (χ4v) is 4.96. The fourth-order valence-electron chi connectivity index (χ4n) is 3.22. The third-order valence-corrected chi connectivity index (χ3v) is 7.50. The maximum Gasteiger partial charge on any atom is 0.244 e. The highest BCUT2D eigenvalue weighted by atomic mass is 79.9. The lowest BCUT2D eigenvalue weighted by atomic mass is 10.1. The molecule has 2 aromatic rings.